The molecular weight excluding hydrogens is 279 g/mol. The zero-order valence-electron chi connectivity index (χ0n) is 10.7. The largest absolute Gasteiger partial charge is 0.449 e. The van der Waals surface area contributed by atoms with Gasteiger partial charge in [0.2, 0.25) is 5.82 Å². The minimum Gasteiger partial charge on any atom is -0.329 e. The Morgan fingerprint density at radius 3 is 2.30 bits per heavy atom. The highest BCUT2D eigenvalue weighted by atomic mass is 19.4. The van der Waals surface area contributed by atoms with Gasteiger partial charge in [-0.15, -0.1) is 0 Å². The first-order valence-electron chi connectivity index (χ1n) is 5.63. The Morgan fingerprint density at radius 2 is 1.80 bits per heavy atom. The van der Waals surface area contributed by atoms with E-state index in [-0.39, 0.29) is 24.3 Å². The van der Waals surface area contributed by atoms with Gasteiger partial charge in [-0.2, -0.15) is 13.2 Å². The molecule has 0 unspecified atom stereocenters. The molecule has 110 valence electrons. The zero-order valence-corrected chi connectivity index (χ0v) is 10.7. The molecule has 0 aliphatic carbocycles. The van der Waals surface area contributed by atoms with Crippen LogP contribution in [0.4, 0.5) is 13.2 Å². The lowest BCUT2D eigenvalue weighted by atomic mass is 10.5. The summed E-state index contributed by atoms with van der Waals surface area (Å²) in [6.07, 6.45) is -4.71. The smallest absolute Gasteiger partial charge is 0.329 e. The van der Waals surface area contributed by atoms with Gasteiger partial charge in [0.25, 0.3) is 5.56 Å². The van der Waals surface area contributed by atoms with E-state index in [0.717, 1.165) is 16.2 Å². The van der Waals surface area contributed by atoms with E-state index < -0.39 is 23.2 Å². The van der Waals surface area contributed by atoms with E-state index in [2.05, 4.69) is 4.98 Å². The third-order valence-electron chi connectivity index (χ3n) is 2.97. The van der Waals surface area contributed by atoms with E-state index in [4.69, 9.17) is 5.73 Å². The molecule has 2 aromatic heterocycles. The van der Waals surface area contributed by atoms with Crippen LogP contribution in [0.1, 0.15) is 5.82 Å². The predicted molar refractivity (Wildman–Crippen MR) is 64.3 cm³/mol. The fraction of sp³-hybridized carbons (Fsp3) is 0.500. The number of nitrogens with two attached hydrogens (primary N) is 1. The average Bonchev–Trinajstić information content (AvgIpc) is 2.70. The fourth-order valence-electron chi connectivity index (χ4n) is 2.02. The molecule has 0 aromatic carbocycles. The Hall–Kier alpha value is -2.10. The van der Waals surface area contributed by atoms with Gasteiger partial charge in [-0.05, 0) is 0 Å². The monoisotopic (exact) mass is 291 g/mol. The molecule has 10 heteroatoms. The predicted octanol–water partition coefficient (Wildman–Crippen LogP) is -0.589. The van der Waals surface area contributed by atoms with Crippen LogP contribution in [0.25, 0.3) is 11.2 Å². The Labute approximate surface area is 110 Å². The zero-order chi connectivity index (χ0) is 15.2. The molecule has 0 radical (unpaired) electrons. The minimum absolute atomic E-state index is 0.0185. The molecule has 0 amide bonds. The summed E-state index contributed by atoms with van der Waals surface area (Å²) >= 11 is 0. The maximum Gasteiger partial charge on any atom is 0.449 e. The van der Waals surface area contributed by atoms with E-state index >= 15 is 0 Å². The molecular formula is C10H12F3N5O2. The number of nitrogens with zero attached hydrogens (tertiary/aromatic N) is 4. The van der Waals surface area contributed by atoms with Crippen LogP contribution in [-0.2, 0) is 26.8 Å². The number of aryl methyl sites for hydroxylation is 2. The summed E-state index contributed by atoms with van der Waals surface area (Å²) in [4.78, 5) is 27.4. The van der Waals surface area contributed by atoms with Gasteiger partial charge in [-0.25, -0.2) is 9.78 Å². The number of aromatic nitrogens is 4. The van der Waals surface area contributed by atoms with Crippen molar-refractivity contribution in [2.75, 3.05) is 6.54 Å². The summed E-state index contributed by atoms with van der Waals surface area (Å²) in [5.41, 5.74) is 3.12. The van der Waals surface area contributed by atoms with E-state index in [1.54, 1.807) is 0 Å². The topological polar surface area (TPSA) is 87.8 Å². The Balaban J connectivity index is 2.98. The molecule has 7 nitrogen and oxygen atoms in total. The Kier molecular flexibility index (Phi) is 3.20. The first kappa shape index (κ1) is 14.3. The van der Waals surface area contributed by atoms with Crippen molar-refractivity contribution >= 4 is 11.2 Å². The summed E-state index contributed by atoms with van der Waals surface area (Å²) in [7, 11) is 2.33. The van der Waals surface area contributed by atoms with Crippen LogP contribution in [0, 0.1) is 0 Å². The molecule has 0 atom stereocenters. The molecule has 2 aromatic rings. The number of alkyl halides is 3. The molecule has 2 rings (SSSR count). The third-order valence-corrected chi connectivity index (χ3v) is 2.97. The van der Waals surface area contributed by atoms with E-state index in [9.17, 15) is 22.8 Å². The normalized spacial score (nSPS) is 12.3. The highest BCUT2D eigenvalue weighted by Gasteiger charge is 2.38. The summed E-state index contributed by atoms with van der Waals surface area (Å²) in [5.74, 6) is -1.23. The maximum absolute atomic E-state index is 12.8. The molecule has 0 aliphatic rings. The number of imidazole rings is 1. The van der Waals surface area contributed by atoms with Gasteiger partial charge in [0, 0.05) is 27.2 Å². The molecule has 20 heavy (non-hydrogen) atoms. The molecule has 0 spiro atoms. The second-order valence-electron chi connectivity index (χ2n) is 4.25. The van der Waals surface area contributed by atoms with Crippen molar-refractivity contribution in [2.45, 2.75) is 12.7 Å². The van der Waals surface area contributed by atoms with Crippen molar-refractivity contribution < 1.29 is 13.2 Å². The summed E-state index contributed by atoms with van der Waals surface area (Å²) in [6, 6.07) is 0. The number of hydrogen-bond acceptors (Lipinski definition) is 4. The van der Waals surface area contributed by atoms with E-state index in [1.165, 1.54) is 7.05 Å². The van der Waals surface area contributed by atoms with Crippen molar-refractivity contribution in [3.05, 3.63) is 26.7 Å². The van der Waals surface area contributed by atoms with E-state index in [1.807, 2.05) is 0 Å². The fourth-order valence-corrected chi connectivity index (χ4v) is 2.02. The van der Waals surface area contributed by atoms with Gasteiger partial charge in [-0.3, -0.25) is 13.9 Å². The van der Waals surface area contributed by atoms with Crippen molar-refractivity contribution in [3.63, 3.8) is 0 Å². The summed E-state index contributed by atoms with van der Waals surface area (Å²) < 4.78 is 40.7. The lowest BCUT2D eigenvalue weighted by Crippen LogP contribution is -2.41. The molecule has 0 saturated carbocycles. The van der Waals surface area contributed by atoms with Crippen molar-refractivity contribution in [3.8, 4) is 0 Å². The van der Waals surface area contributed by atoms with Crippen molar-refractivity contribution in [1.82, 2.24) is 18.7 Å². The molecule has 2 N–H and O–H groups in total. The first-order chi connectivity index (χ1) is 9.20. The van der Waals surface area contributed by atoms with Crippen LogP contribution in [0.2, 0.25) is 0 Å². The van der Waals surface area contributed by atoms with Gasteiger partial charge in [0.1, 0.15) is 0 Å². The Morgan fingerprint density at radius 1 is 1.20 bits per heavy atom. The molecule has 0 aliphatic heterocycles. The first-order valence-corrected chi connectivity index (χ1v) is 5.63. The molecule has 0 saturated heterocycles. The van der Waals surface area contributed by atoms with Gasteiger partial charge in [-0.1, -0.05) is 0 Å². The van der Waals surface area contributed by atoms with E-state index in [0.29, 0.717) is 4.57 Å². The second kappa shape index (κ2) is 4.47. The highest BCUT2D eigenvalue weighted by molar-refractivity contribution is 5.71. The number of fused-ring (bicyclic) bond motifs is 1. The van der Waals surface area contributed by atoms with Crippen LogP contribution < -0.4 is 17.0 Å². The number of hydrogen-bond donors (Lipinski definition) is 1. The van der Waals surface area contributed by atoms with Gasteiger partial charge in [0.15, 0.2) is 11.2 Å². The van der Waals surface area contributed by atoms with Gasteiger partial charge in [0.05, 0.1) is 0 Å². The van der Waals surface area contributed by atoms with Crippen LogP contribution in [-0.4, -0.2) is 25.2 Å². The van der Waals surface area contributed by atoms with Crippen molar-refractivity contribution in [1.29, 1.82) is 0 Å². The lowest BCUT2D eigenvalue weighted by molar-refractivity contribution is -0.146. The van der Waals surface area contributed by atoms with Crippen LogP contribution >= 0.6 is 0 Å². The number of halogens is 3. The highest BCUT2D eigenvalue weighted by Crippen LogP contribution is 2.29. The molecule has 2 heterocycles. The van der Waals surface area contributed by atoms with Gasteiger partial charge < -0.3 is 10.3 Å². The lowest BCUT2D eigenvalue weighted by Gasteiger charge is -2.07. The summed E-state index contributed by atoms with van der Waals surface area (Å²) in [5, 5.41) is 0. The SMILES string of the molecule is Cn1c(C(F)(F)F)nc2c1c(=O)n(CCN)c(=O)n2C. The third kappa shape index (κ3) is 1.92. The van der Waals surface area contributed by atoms with Gasteiger partial charge >= 0.3 is 11.9 Å². The quantitative estimate of drug-likeness (QED) is 0.801. The average molecular weight is 291 g/mol. The minimum atomic E-state index is -4.71. The molecule has 0 fully saturated rings. The van der Waals surface area contributed by atoms with Crippen LogP contribution in [0.3, 0.4) is 0 Å². The van der Waals surface area contributed by atoms with Crippen LogP contribution in [0.5, 0.6) is 0 Å². The standard InChI is InChI=1S/C10H12F3N5O2/c1-16-5-6(15-8(16)10(11,12)13)17(2)9(20)18(4-3-14)7(5)19/h3-4,14H2,1-2H3. The van der Waals surface area contributed by atoms with Crippen LogP contribution in [0.15, 0.2) is 9.59 Å². The summed E-state index contributed by atoms with van der Waals surface area (Å²) in [6.45, 7) is -0.0569. The maximum atomic E-state index is 12.8. The number of rotatable bonds is 2. The van der Waals surface area contributed by atoms with Crippen molar-refractivity contribution in [2.24, 2.45) is 19.8 Å². The second-order valence-corrected chi connectivity index (χ2v) is 4.25. The molecule has 0 bridgehead atoms. The Bertz CT molecular complexity index is 783.